The summed E-state index contributed by atoms with van der Waals surface area (Å²) in [4.78, 5) is 35.2. The van der Waals surface area contributed by atoms with E-state index in [1.807, 2.05) is 26.0 Å². The van der Waals surface area contributed by atoms with E-state index in [4.69, 9.17) is 4.74 Å². The lowest BCUT2D eigenvalue weighted by atomic mass is 10.1. The second kappa shape index (κ2) is 8.62. The molecule has 8 heteroatoms. The quantitative estimate of drug-likeness (QED) is 0.645. The van der Waals surface area contributed by atoms with Crippen LogP contribution in [0.15, 0.2) is 45.8 Å². The zero-order chi connectivity index (χ0) is 20.3. The smallest absolute Gasteiger partial charge is 0.290 e. The molecule has 2 aromatic rings. The minimum Gasteiger partial charge on any atom is -0.484 e. The molecule has 28 heavy (non-hydrogen) atoms. The molecule has 0 aromatic heterocycles. The number of amides is 3. The van der Waals surface area contributed by atoms with Gasteiger partial charge in [0.25, 0.3) is 17.1 Å². The fraction of sp³-hybridized carbons (Fsp3) is 0.150. The molecule has 1 saturated heterocycles. The zero-order valence-electron chi connectivity index (χ0n) is 15.2. The van der Waals surface area contributed by atoms with Crippen molar-refractivity contribution in [1.29, 1.82) is 0 Å². The standard InChI is InChI=1S/C20H17BrN2O4S/c1-11-7-15(21)16(8-12(11)2)22-18(24)10-27-14-5-3-13(4-6-14)9-17-19(25)23-20(26)28-17/h3-9H,10H2,1-2H3,(H,22,24)(H,23,25,26)/b17-9-. The van der Waals surface area contributed by atoms with Gasteiger partial charge in [-0.2, -0.15) is 0 Å². The first-order valence-electron chi connectivity index (χ1n) is 8.36. The van der Waals surface area contributed by atoms with Crippen LogP contribution in [0, 0.1) is 13.8 Å². The number of halogens is 1. The van der Waals surface area contributed by atoms with Crippen molar-refractivity contribution >= 4 is 56.5 Å². The van der Waals surface area contributed by atoms with Crippen molar-refractivity contribution in [2.75, 3.05) is 11.9 Å². The number of rotatable bonds is 5. The molecule has 0 saturated carbocycles. The molecule has 0 bridgehead atoms. The second-order valence-corrected chi connectivity index (χ2v) is 8.04. The van der Waals surface area contributed by atoms with Gasteiger partial charge in [0, 0.05) is 4.47 Å². The molecule has 1 fully saturated rings. The summed E-state index contributed by atoms with van der Waals surface area (Å²) < 4.78 is 6.32. The normalized spacial score (nSPS) is 14.9. The maximum absolute atomic E-state index is 12.2. The third kappa shape index (κ3) is 5.02. The van der Waals surface area contributed by atoms with Gasteiger partial charge in [0.1, 0.15) is 5.75 Å². The Morgan fingerprint density at radius 3 is 2.50 bits per heavy atom. The van der Waals surface area contributed by atoms with Crippen molar-refractivity contribution < 1.29 is 19.1 Å². The lowest BCUT2D eigenvalue weighted by molar-refractivity contribution is -0.118. The lowest BCUT2D eigenvalue weighted by Gasteiger charge is -2.11. The second-order valence-electron chi connectivity index (χ2n) is 6.17. The molecule has 0 spiro atoms. The zero-order valence-corrected chi connectivity index (χ0v) is 17.6. The van der Waals surface area contributed by atoms with Gasteiger partial charge in [-0.1, -0.05) is 12.1 Å². The van der Waals surface area contributed by atoms with E-state index in [9.17, 15) is 14.4 Å². The molecule has 0 radical (unpaired) electrons. The summed E-state index contributed by atoms with van der Waals surface area (Å²) in [6.45, 7) is 3.85. The van der Waals surface area contributed by atoms with Gasteiger partial charge in [0.15, 0.2) is 6.61 Å². The van der Waals surface area contributed by atoms with Crippen LogP contribution in [0.4, 0.5) is 10.5 Å². The molecule has 0 unspecified atom stereocenters. The fourth-order valence-electron chi connectivity index (χ4n) is 2.44. The third-order valence-electron chi connectivity index (χ3n) is 4.05. The highest BCUT2D eigenvalue weighted by molar-refractivity contribution is 9.10. The lowest BCUT2D eigenvalue weighted by Crippen LogP contribution is -2.20. The van der Waals surface area contributed by atoms with Crippen molar-refractivity contribution in [2.24, 2.45) is 0 Å². The average Bonchev–Trinajstić information content (AvgIpc) is 2.96. The molecule has 3 amide bonds. The minimum atomic E-state index is -0.399. The maximum Gasteiger partial charge on any atom is 0.290 e. The van der Waals surface area contributed by atoms with Crippen LogP contribution in [-0.4, -0.2) is 23.7 Å². The molecule has 0 aliphatic carbocycles. The SMILES string of the molecule is Cc1cc(Br)c(NC(=O)COc2ccc(/C=C3\SC(=O)NC3=O)cc2)cc1C. The van der Waals surface area contributed by atoms with Gasteiger partial charge >= 0.3 is 0 Å². The Hall–Kier alpha value is -2.58. The Balaban J connectivity index is 1.57. The highest BCUT2D eigenvalue weighted by atomic mass is 79.9. The summed E-state index contributed by atoms with van der Waals surface area (Å²) in [5, 5.41) is 4.65. The van der Waals surface area contributed by atoms with Crippen LogP contribution in [0.3, 0.4) is 0 Å². The Labute approximate surface area is 174 Å². The number of anilines is 1. The topological polar surface area (TPSA) is 84.5 Å². The van der Waals surface area contributed by atoms with Gasteiger partial charge in [-0.25, -0.2) is 0 Å². The van der Waals surface area contributed by atoms with Crippen molar-refractivity contribution in [2.45, 2.75) is 13.8 Å². The number of benzene rings is 2. The number of hydrogen-bond donors (Lipinski definition) is 2. The van der Waals surface area contributed by atoms with E-state index in [0.29, 0.717) is 16.3 Å². The number of carbonyl (C=O) groups excluding carboxylic acids is 3. The molecular formula is C20H17BrN2O4S. The number of carbonyl (C=O) groups is 3. The Bertz CT molecular complexity index is 986. The Kier molecular flexibility index (Phi) is 6.21. The predicted molar refractivity (Wildman–Crippen MR) is 113 cm³/mol. The van der Waals surface area contributed by atoms with Crippen LogP contribution in [-0.2, 0) is 9.59 Å². The number of ether oxygens (including phenoxy) is 1. The molecule has 1 heterocycles. The first-order valence-corrected chi connectivity index (χ1v) is 9.97. The van der Waals surface area contributed by atoms with E-state index >= 15 is 0 Å². The maximum atomic E-state index is 12.2. The average molecular weight is 461 g/mol. The van der Waals surface area contributed by atoms with Gasteiger partial charge in [-0.05, 0) is 88.6 Å². The molecule has 2 N–H and O–H groups in total. The van der Waals surface area contributed by atoms with Crippen molar-refractivity contribution in [3.8, 4) is 5.75 Å². The van der Waals surface area contributed by atoms with E-state index in [1.165, 1.54) is 0 Å². The summed E-state index contributed by atoms with van der Waals surface area (Å²) in [6.07, 6.45) is 1.62. The molecular weight excluding hydrogens is 444 g/mol. The van der Waals surface area contributed by atoms with Crippen LogP contribution < -0.4 is 15.4 Å². The van der Waals surface area contributed by atoms with Gasteiger partial charge in [-0.15, -0.1) is 0 Å². The van der Waals surface area contributed by atoms with E-state index in [-0.39, 0.29) is 17.8 Å². The van der Waals surface area contributed by atoms with Crippen LogP contribution in [0.1, 0.15) is 16.7 Å². The predicted octanol–water partition coefficient (Wildman–Crippen LogP) is 4.41. The largest absolute Gasteiger partial charge is 0.484 e. The van der Waals surface area contributed by atoms with E-state index in [0.717, 1.165) is 32.9 Å². The van der Waals surface area contributed by atoms with Crippen LogP contribution >= 0.6 is 27.7 Å². The number of hydrogen-bond acceptors (Lipinski definition) is 5. The van der Waals surface area contributed by atoms with E-state index in [2.05, 4.69) is 26.6 Å². The highest BCUT2D eigenvalue weighted by Gasteiger charge is 2.24. The highest BCUT2D eigenvalue weighted by Crippen LogP contribution is 2.27. The summed E-state index contributed by atoms with van der Waals surface area (Å²) in [5.41, 5.74) is 3.66. The van der Waals surface area contributed by atoms with Gasteiger partial charge in [-0.3, -0.25) is 19.7 Å². The summed E-state index contributed by atoms with van der Waals surface area (Å²) in [6, 6.07) is 10.8. The number of thioether (sulfide) groups is 1. The Morgan fingerprint density at radius 2 is 1.86 bits per heavy atom. The van der Waals surface area contributed by atoms with Crippen LogP contribution in [0.2, 0.25) is 0 Å². The van der Waals surface area contributed by atoms with E-state index in [1.54, 1.807) is 30.3 Å². The van der Waals surface area contributed by atoms with E-state index < -0.39 is 5.91 Å². The summed E-state index contributed by atoms with van der Waals surface area (Å²) in [5.74, 6) is -0.145. The van der Waals surface area contributed by atoms with Gasteiger partial charge in [0.05, 0.1) is 10.6 Å². The molecule has 1 aliphatic rings. The molecule has 144 valence electrons. The minimum absolute atomic E-state index is 0.132. The number of nitrogens with one attached hydrogen (secondary N) is 2. The summed E-state index contributed by atoms with van der Waals surface area (Å²) in [7, 11) is 0. The van der Waals surface area contributed by atoms with Crippen molar-refractivity contribution in [3.05, 3.63) is 62.5 Å². The number of imide groups is 1. The molecule has 2 aromatic carbocycles. The number of aryl methyl sites for hydroxylation is 2. The van der Waals surface area contributed by atoms with Crippen LogP contribution in [0.5, 0.6) is 5.75 Å². The van der Waals surface area contributed by atoms with Crippen LogP contribution in [0.25, 0.3) is 6.08 Å². The van der Waals surface area contributed by atoms with Crippen molar-refractivity contribution in [1.82, 2.24) is 5.32 Å². The molecule has 6 nitrogen and oxygen atoms in total. The first kappa shape index (κ1) is 20.2. The van der Waals surface area contributed by atoms with Gasteiger partial charge < -0.3 is 10.1 Å². The van der Waals surface area contributed by atoms with Crippen molar-refractivity contribution in [3.63, 3.8) is 0 Å². The molecule has 1 aliphatic heterocycles. The molecule has 0 atom stereocenters. The fourth-order valence-corrected chi connectivity index (χ4v) is 3.68. The monoisotopic (exact) mass is 460 g/mol. The Morgan fingerprint density at radius 1 is 1.18 bits per heavy atom. The molecule has 3 rings (SSSR count). The first-order chi connectivity index (χ1) is 13.3. The third-order valence-corrected chi connectivity index (χ3v) is 5.51. The summed E-state index contributed by atoms with van der Waals surface area (Å²) >= 11 is 4.31. The van der Waals surface area contributed by atoms with Gasteiger partial charge in [0.2, 0.25) is 0 Å².